The highest BCUT2D eigenvalue weighted by atomic mass is 19.4. The number of halogens is 3. The maximum atomic E-state index is 12.6. The standard InChI is InChI=1S/C16H18F3N5O/c1-22-10-11(9-21-22)13-8-12(20)2-3-14(13)23-4-6-24(7-5-23)15(25)16(17,18)19/h2-3,8-10H,4-7,20H2,1H3. The molecule has 9 heteroatoms. The SMILES string of the molecule is Cn1cc(-c2cc(N)ccc2N2CCN(C(=O)C(F)(F)F)CC2)cn1. The third-order valence-corrected chi connectivity index (χ3v) is 4.19. The lowest BCUT2D eigenvalue weighted by Gasteiger charge is -2.37. The first-order valence-electron chi connectivity index (χ1n) is 7.75. The van der Waals surface area contributed by atoms with E-state index in [1.54, 1.807) is 24.0 Å². The zero-order valence-electron chi connectivity index (χ0n) is 13.6. The third kappa shape index (κ3) is 3.54. The van der Waals surface area contributed by atoms with E-state index < -0.39 is 12.1 Å². The summed E-state index contributed by atoms with van der Waals surface area (Å²) in [6.45, 7) is 0.683. The van der Waals surface area contributed by atoms with Crippen molar-refractivity contribution in [3.63, 3.8) is 0 Å². The number of hydrogen-bond donors (Lipinski definition) is 1. The van der Waals surface area contributed by atoms with Crippen LogP contribution in [0.2, 0.25) is 0 Å². The van der Waals surface area contributed by atoms with Gasteiger partial charge in [0.25, 0.3) is 0 Å². The van der Waals surface area contributed by atoms with Crippen molar-refractivity contribution in [2.45, 2.75) is 6.18 Å². The van der Waals surface area contributed by atoms with Crippen LogP contribution in [0.4, 0.5) is 24.5 Å². The number of carbonyl (C=O) groups is 1. The lowest BCUT2D eigenvalue weighted by Crippen LogP contribution is -2.52. The van der Waals surface area contributed by atoms with E-state index in [1.807, 2.05) is 23.2 Å². The minimum absolute atomic E-state index is 0.0230. The summed E-state index contributed by atoms with van der Waals surface area (Å²) >= 11 is 0. The van der Waals surface area contributed by atoms with E-state index in [-0.39, 0.29) is 13.1 Å². The van der Waals surface area contributed by atoms with Crippen molar-refractivity contribution < 1.29 is 18.0 Å². The van der Waals surface area contributed by atoms with Crippen LogP contribution in [0.1, 0.15) is 0 Å². The molecule has 0 radical (unpaired) electrons. The van der Waals surface area contributed by atoms with Gasteiger partial charge in [-0.2, -0.15) is 18.3 Å². The highest BCUT2D eigenvalue weighted by Crippen LogP contribution is 2.33. The molecular formula is C16H18F3N5O. The summed E-state index contributed by atoms with van der Waals surface area (Å²) in [4.78, 5) is 14.2. The number of benzene rings is 1. The second-order valence-corrected chi connectivity index (χ2v) is 5.96. The van der Waals surface area contributed by atoms with Gasteiger partial charge in [-0.15, -0.1) is 0 Å². The summed E-state index contributed by atoms with van der Waals surface area (Å²) in [6.07, 6.45) is -1.27. The summed E-state index contributed by atoms with van der Waals surface area (Å²) in [5.74, 6) is -1.78. The number of alkyl halides is 3. The number of aromatic nitrogens is 2. The molecule has 2 N–H and O–H groups in total. The number of carbonyl (C=O) groups excluding carboxylic acids is 1. The lowest BCUT2D eigenvalue weighted by atomic mass is 10.0. The van der Waals surface area contributed by atoms with Gasteiger partial charge in [0.1, 0.15) is 0 Å². The molecule has 0 unspecified atom stereocenters. The van der Waals surface area contributed by atoms with Gasteiger partial charge in [-0.25, -0.2) is 0 Å². The molecule has 134 valence electrons. The first-order chi connectivity index (χ1) is 11.8. The minimum Gasteiger partial charge on any atom is -0.399 e. The van der Waals surface area contributed by atoms with E-state index in [1.165, 1.54) is 0 Å². The normalized spacial score (nSPS) is 15.5. The number of piperazine rings is 1. The van der Waals surface area contributed by atoms with Crippen molar-refractivity contribution in [1.29, 1.82) is 0 Å². The Bertz CT molecular complexity index is 778. The largest absolute Gasteiger partial charge is 0.471 e. The lowest BCUT2D eigenvalue weighted by molar-refractivity contribution is -0.185. The molecule has 0 aliphatic carbocycles. The van der Waals surface area contributed by atoms with Crippen molar-refractivity contribution in [2.75, 3.05) is 36.8 Å². The van der Waals surface area contributed by atoms with Crippen molar-refractivity contribution in [3.05, 3.63) is 30.6 Å². The Morgan fingerprint density at radius 3 is 2.44 bits per heavy atom. The van der Waals surface area contributed by atoms with Crippen molar-refractivity contribution in [2.24, 2.45) is 7.05 Å². The fourth-order valence-corrected chi connectivity index (χ4v) is 2.95. The van der Waals surface area contributed by atoms with Crippen molar-refractivity contribution >= 4 is 17.3 Å². The average Bonchev–Trinajstić information content (AvgIpc) is 3.00. The zero-order valence-corrected chi connectivity index (χ0v) is 13.6. The molecule has 1 amide bonds. The number of anilines is 2. The number of rotatable bonds is 2. The van der Waals surface area contributed by atoms with Gasteiger partial charge in [0.2, 0.25) is 0 Å². The Morgan fingerprint density at radius 2 is 1.88 bits per heavy atom. The van der Waals surface area contributed by atoms with Gasteiger partial charge in [-0.1, -0.05) is 0 Å². The molecule has 1 aromatic carbocycles. The van der Waals surface area contributed by atoms with E-state index in [0.717, 1.165) is 21.7 Å². The second-order valence-electron chi connectivity index (χ2n) is 5.96. The molecule has 2 heterocycles. The van der Waals surface area contributed by atoms with E-state index in [2.05, 4.69) is 5.10 Å². The van der Waals surface area contributed by atoms with Gasteiger partial charge < -0.3 is 15.5 Å². The van der Waals surface area contributed by atoms with Gasteiger partial charge in [0, 0.05) is 61.9 Å². The molecule has 25 heavy (non-hydrogen) atoms. The fraction of sp³-hybridized carbons (Fsp3) is 0.375. The topological polar surface area (TPSA) is 67.4 Å². The predicted molar refractivity (Wildman–Crippen MR) is 87.9 cm³/mol. The summed E-state index contributed by atoms with van der Waals surface area (Å²) in [5, 5.41) is 4.15. The first-order valence-corrected chi connectivity index (χ1v) is 7.75. The summed E-state index contributed by atoms with van der Waals surface area (Å²) in [7, 11) is 1.80. The van der Waals surface area contributed by atoms with Crippen molar-refractivity contribution in [1.82, 2.24) is 14.7 Å². The summed E-state index contributed by atoms with van der Waals surface area (Å²) in [6, 6.07) is 5.42. The Labute approximate surface area is 142 Å². The Balaban J connectivity index is 1.81. The highest BCUT2D eigenvalue weighted by molar-refractivity contribution is 5.83. The summed E-state index contributed by atoms with van der Waals surface area (Å²) < 4.78 is 39.3. The predicted octanol–water partition coefficient (Wildman–Crippen LogP) is 1.88. The van der Waals surface area contributed by atoms with Gasteiger partial charge in [-0.3, -0.25) is 9.48 Å². The second kappa shape index (κ2) is 6.30. The smallest absolute Gasteiger partial charge is 0.399 e. The average molecular weight is 353 g/mol. The third-order valence-electron chi connectivity index (χ3n) is 4.19. The van der Waals surface area contributed by atoms with Crippen LogP contribution in [-0.4, -0.2) is 52.9 Å². The molecule has 1 aliphatic rings. The Kier molecular flexibility index (Phi) is 4.32. The molecule has 2 aromatic rings. The van der Waals surface area contributed by atoms with Crippen LogP contribution in [0, 0.1) is 0 Å². The van der Waals surface area contributed by atoms with E-state index >= 15 is 0 Å². The molecule has 1 fully saturated rings. The van der Waals surface area contributed by atoms with Crippen LogP contribution in [0.15, 0.2) is 30.6 Å². The molecule has 0 bridgehead atoms. The molecule has 1 saturated heterocycles. The van der Waals surface area contributed by atoms with Crippen LogP contribution in [0.3, 0.4) is 0 Å². The Morgan fingerprint density at radius 1 is 1.20 bits per heavy atom. The fourth-order valence-electron chi connectivity index (χ4n) is 2.95. The summed E-state index contributed by atoms with van der Waals surface area (Å²) in [5.41, 5.74) is 9.08. The number of nitrogen functional groups attached to an aromatic ring is 1. The van der Waals surface area contributed by atoms with Crippen molar-refractivity contribution in [3.8, 4) is 11.1 Å². The Hall–Kier alpha value is -2.71. The first kappa shape index (κ1) is 17.1. The van der Waals surface area contributed by atoms with Crippen LogP contribution in [-0.2, 0) is 11.8 Å². The number of nitrogens with zero attached hydrogens (tertiary/aromatic N) is 4. The number of aryl methyl sites for hydroxylation is 1. The van der Waals surface area contributed by atoms with Gasteiger partial charge >= 0.3 is 12.1 Å². The van der Waals surface area contributed by atoms with Crippen LogP contribution in [0.5, 0.6) is 0 Å². The molecule has 3 rings (SSSR count). The maximum Gasteiger partial charge on any atom is 0.471 e. The van der Waals surface area contributed by atoms with Gasteiger partial charge in [-0.05, 0) is 18.2 Å². The molecular weight excluding hydrogens is 335 g/mol. The van der Waals surface area contributed by atoms with Gasteiger partial charge in [0.05, 0.1) is 6.20 Å². The number of nitrogens with two attached hydrogens (primary N) is 1. The molecule has 6 nitrogen and oxygen atoms in total. The molecule has 1 aliphatic heterocycles. The minimum atomic E-state index is -4.83. The van der Waals surface area contributed by atoms with Crippen LogP contribution < -0.4 is 10.6 Å². The zero-order chi connectivity index (χ0) is 18.2. The highest BCUT2D eigenvalue weighted by Gasteiger charge is 2.43. The van der Waals surface area contributed by atoms with Gasteiger partial charge in [0.15, 0.2) is 0 Å². The molecule has 0 atom stereocenters. The van der Waals surface area contributed by atoms with Crippen LogP contribution >= 0.6 is 0 Å². The van der Waals surface area contributed by atoms with E-state index in [0.29, 0.717) is 18.8 Å². The van der Waals surface area contributed by atoms with E-state index in [9.17, 15) is 18.0 Å². The molecule has 0 spiro atoms. The number of amides is 1. The van der Waals surface area contributed by atoms with Crippen LogP contribution in [0.25, 0.3) is 11.1 Å². The molecule has 0 saturated carbocycles. The quantitative estimate of drug-likeness (QED) is 0.837. The molecule has 1 aromatic heterocycles. The maximum absolute atomic E-state index is 12.6. The van der Waals surface area contributed by atoms with E-state index in [4.69, 9.17) is 5.73 Å². The number of hydrogen-bond acceptors (Lipinski definition) is 4. The monoisotopic (exact) mass is 353 g/mol.